The first-order chi connectivity index (χ1) is 11.5. The van der Waals surface area contributed by atoms with E-state index in [4.69, 9.17) is 0 Å². The zero-order valence-electron chi connectivity index (χ0n) is 12.6. The lowest BCUT2D eigenvalue weighted by atomic mass is 9.96. The molecular formula is C17H14F6O2. The first kappa shape index (κ1) is 19.3. The van der Waals surface area contributed by atoms with E-state index in [0.29, 0.717) is 17.7 Å². The van der Waals surface area contributed by atoms with Crippen LogP contribution in [0.25, 0.3) is 0 Å². The summed E-state index contributed by atoms with van der Waals surface area (Å²) in [5.74, 6) is 0. The van der Waals surface area contributed by atoms with Gasteiger partial charge in [0.2, 0.25) is 0 Å². The molecular weight excluding hydrogens is 350 g/mol. The van der Waals surface area contributed by atoms with Crippen molar-refractivity contribution in [1.29, 1.82) is 0 Å². The van der Waals surface area contributed by atoms with Gasteiger partial charge in [-0.1, -0.05) is 30.3 Å². The van der Waals surface area contributed by atoms with Gasteiger partial charge in [0, 0.05) is 6.42 Å². The van der Waals surface area contributed by atoms with E-state index in [2.05, 4.69) is 0 Å². The largest absolute Gasteiger partial charge is 0.416 e. The molecule has 0 radical (unpaired) electrons. The maximum absolute atomic E-state index is 12.8. The van der Waals surface area contributed by atoms with Gasteiger partial charge in [0.25, 0.3) is 0 Å². The lowest BCUT2D eigenvalue weighted by Crippen LogP contribution is -2.21. The highest BCUT2D eigenvalue weighted by atomic mass is 19.4. The summed E-state index contributed by atoms with van der Waals surface area (Å²) in [4.78, 5) is 0. The Morgan fingerprint density at radius 2 is 1.24 bits per heavy atom. The van der Waals surface area contributed by atoms with E-state index in [0.717, 1.165) is 0 Å². The molecule has 0 amide bonds. The molecule has 25 heavy (non-hydrogen) atoms. The van der Waals surface area contributed by atoms with E-state index < -0.39 is 42.1 Å². The predicted molar refractivity (Wildman–Crippen MR) is 77.6 cm³/mol. The lowest BCUT2D eigenvalue weighted by molar-refractivity contribution is -0.143. The molecule has 0 aliphatic heterocycles. The van der Waals surface area contributed by atoms with Crippen molar-refractivity contribution in [3.8, 4) is 0 Å². The SMILES string of the molecule is OC(Cc1cc(C(F)(F)F)cc(C(F)(F)F)c1)C(O)c1ccccc1. The number of hydrogen-bond donors (Lipinski definition) is 2. The van der Waals surface area contributed by atoms with Crippen LogP contribution in [0.15, 0.2) is 48.5 Å². The van der Waals surface area contributed by atoms with Crippen molar-refractivity contribution in [1.82, 2.24) is 0 Å². The van der Waals surface area contributed by atoms with Gasteiger partial charge in [-0.25, -0.2) is 0 Å². The fourth-order valence-electron chi connectivity index (χ4n) is 2.36. The van der Waals surface area contributed by atoms with Crippen molar-refractivity contribution in [3.05, 3.63) is 70.8 Å². The molecule has 8 heteroatoms. The van der Waals surface area contributed by atoms with E-state index in [-0.39, 0.29) is 11.6 Å². The van der Waals surface area contributed by atoms with Gasteiger partial charge < -0.3 is 10.2 Å². The number of aliphatic hydroxyl groups is 2. The molecule has 0 heterocycles. The van der Waals surface area contributed by atoms with Gasteiger partial charge in [-0.2, -0.15) is 26.3 Å². The Balaban J connectivity index is 2.32. The molecule has 0 aliphatic carbocycles. The third-order valence-corrected chi connectivity index (χ3v) is 3.60. The monoisotopic (exact) mass is 364 g/mol. The summed E-state index contributed by atoms with van der Waals surface area (Å²) in [5.41, 5.74) is -2.99. The number of benzene rings is 2. The second-order valence-electron chi connectivity index (χ2n) is 5.54. The van der Waals surface area contributed by atoms with Crippen molar-refractivity contribution in [2.24, 2.45) is 0 Å². The lowest BCUT2D eigenvalue weighted by Gasteiger charge is -2.20. The van der Waals surface area contributed by atoms with E-state index in [1.165, 1.54) is 12.1 Å². The number of aliphatic hydroxyl groups excluding tert-OH is 2. The maximum Gasteiger partial charge on any atom is 0.416 e. The van der Waals surface area contributed by atoms with Crippen LogP contribution in [0.4, 0.5) is 26.3 Å². The zero-order valence-corrected chi connectivity index (χ0v) is 12.6. The normalized spacial score (nSPS) is 15.0. The molecule has 0 saturated heterocycles. The molecule has 0 bridgehead atoms. The van der Waals surface area contributed by atoms with Crippen molar-refractivity contribution in [2.45, 2.75) is 31.0 Å². The maximum atomic E-state index is 12.8. The molecule has 136 valence electrons. The van der Waals surface area contributed by atoms with E-state index in [1.54, 1.807) is 18.2 Å². The molecule has 2 nitrogen and oxygen atoms in total. The third-order valence-electron chi connectivity index (χ3n) is 3.60. The Bertz CT molecular complexity index is 677. The second-order valence-corrected chi connectivity index (χ2v) is 5.54. The van der Waals surface area contributed by atoms with Crippen LogP contribution in [0.5, 0.6) is 0 Å². The molecule has 0 spiro atoms. The average molecular weight is 364 g/mol. The van der Waals surface area contributed by atoms with Gasteiger partial charge >= 0.3 is 12.4 Å². The van der Waals surface area contributed by atoms with Crippen LogP contribution in [0.2, 0.25) is 0 Å². The molecule has 2 N–H and O–H groups in total. The van der Waals surface area contributed by atoms with Gasteiger partial charge in [0.1, 0.15) is 6.10 Å². The summed E-state index contributed by atoms with van der Waals surface area (Å²) in [5, 5.41) is 20.0. The van der Waals surface area contributed by atoms with Crippen LogP contribution in [0.3, 0.4) is 0 Å². The topological polar surface area (TPSA) is 40.5 Å². The van der Waals surface area contributed by atoms with Crippen molar-refractivity contribution >= 4 is 0 Å². The molecule has 0 fully saturated rings. The Kier molecular flexibility index (Phi) is 5.43. The summed E-state index contributed by atoms with van der Waals surface area (Å²) in [6.07, 6.45) is -13.5. The average Bonchev–Trinajstić information content (AvgIpc) is 2.53. The van der Waals surface area contributed by atoms with Crippen molar-refractivity contribution in [2.75, 3.05) is 0 Å². The van der Waals surface area contributed by atoms with Gasteiger partial charge in [-0.05, 0) is 29.3 Å². The van der Waals surface area contributed by atoms with E-state index in [1.807, 2.05) is 0 Å². The quantitative estimate of drug-likeness (QED) is 0.792. The Labute approximate surface area is 139 Å². The fraction of sp³-hybridized carbons (Fsp3) is 0.294. The molecule has 2 aromatic carbocycles. The van der Waals surface area contributed by atoms with Gasteiger partial charge in [-0.3, -0.25) is 0 Å². The first-order valence-corrected chi connectivity index (χ1v) is 7.18. The molecule has 0 saturated carbocycles. The van der Waals surface area contributed by atoms with Crippen molar-refractivity contribution in [3.63, 3.8) is 0 Å². The molecule has 2 aromatic rings. The Morgan fingerprint density at radius 1 is 0.760 bits per heavy atom. The highest BCUT2D eigenvalue weighted by molar-refractivity contribution is 5.34. The minimum absolute atomic E-state index is 0.0174. The van der Waals surface area contributed by atoms with Crippen LogP contribution in [0, 0.1) is 0 Å². The standard InChI is InChI=1S/C17H14F6O2/c18-16(19,20)12-6-10(7-13(9-12)17(21,22)23)8-14(24)15(25)11-4-2-1-3-5-11/h1-7,9,14-15,24-25H,8H2. The Hall–Kier alpha value is -2.06. The molecule has 0 aromatic heterocycles. The number of halogens is 6. The second kappa shape index (κ2) is 7.05. The van der Waals surface area contributed by atoms with E-state index in [9.17, 15) is 36.6 Å². The summed E-state index contributed by atoms with van der Waals surface area (Å²) < 4.78 is 76.9. The summed E-state index contributed by atoms with van der Waals surface area (Å²) in [6.45, 7) is 0. The van der Waals surface area contributed by atoms with Crippen LogP contribution < -0.4 is 0 Å². The number of alkyl halides is 6. The molecule has 2 rings (SSSR count). The molecule has 2 atom stereocenters. The summed E-state index contributed by atoms with van der Waals surface area (Å²) >= 11 is 0. The highest BCUT2D eigenvalue weighted by Gasteiger charge is 2.37. The molecule has 2 unspecified atom stereocenters. The minimum Gasteiger partial charge on any atom is -0.390 e. The fourth-order valence-corrected chi connectivity index (χ4v) is 2.36. The van der Waals surface area contributed by atoms with Gasteiger partial charge in [0.05, 0.1) is 17.2 Å². The molecule has 0 aliphatic rings. The highest BCUT2D eigenvalue weighted by Crippen LogP contribution is 2.36. The van der Waals surface area contributed by atoms with Gasteiger partial charge in [-0.15, -0.1) is 0 Å². The van der Waals surface area contributed by atoms with Crippen LogP contribution in [-0.2, 0) is 18.8 Å². The van der Waals surface area contributed by atoms with E-state index >= 15 is 0 Å². The van der Waals surface area contributed by atoms with Crippen molar-refractivity contribution < 1.29 is 36.6 Å². The smallest absolute Gasteiger partial charge is 0.390 e. The van der Waals surface area contributed by atoms with Crippen LogP contribution in [-0.4, -0.2) is 16.3 Å². The summed E-state index contributed by atoms with van der Waals surface area (Å²) in [7, 11) is 0. The number of rotatable bonds is 4. The Morgan fingerprint density at radius 3 is 1.68 bits per heavy atom. The summed E-state index contributed by atoms with van der Waals surface area (Å²) in [6, 6.07) is 8.89. The number of hydrogen-bond acceptors (Lipinski definition) is 2. The van der Waals surface area contributed by atoms with Crippen LogP contribution >= 0.6 is 0 Å². The first-order valence-electron chi connectivity index (χ1n) is 7.18. The zero-order chi connectivity index (χ0) is 18.8. The minimum atomic E-state index is -4.96. The van der Waals surface area contributed by atoms with Crippen LogP contribution in [0.1, 0.15) is 28.4 Å². The predicted octanol–water partition coefficient (Wildman–Crippen LogP) is 4.36. The third kappa shape index (κ3) is 4.96. The van der Waals surface area contributed by atoms with Gasteiger partial charge in [0.15, 0.2) is 0 Å².